The van der Waals surface area contributed by atoms with E-state index in [1.165, 1.54) is 5.56 Å². The van der Waals surface area contributed by atoms with Crippen molar-refractivity contribution in [3.63, 3.8) is 0 Å². The summed E-state index contributed by atoms with van der Waals surface area (Å²) in [5, 5.41) is 3.70. The van der Waals surface area contributed by atoms with E-state index < -0.39 is 0 Å². The van der Waals surface area contributed by atoms with Crippen LogP contribution in [0.25, 0.3) is 10.9 Å². The number of benzene rings is 2. The van der Waals surface area contributed by atoms with Gasteiger partial charge in [-0.25, -0.2) is 0 Å². The van der Waals surface area contributed by atoms with Crippen molar-refractivity contribution in [2.24, 2.45) is 0 Å². The van der Waals surface area contributed by atoms with Crippen LogP contribution in [0.2, 0.25) is 0 Å². The molecule has 2 N–H and O–H groups in total. The molecule has 2 heterocycles. The summed E-state index contributed by atoms with van der Waals surface area (Å²) in [6, 6.07) is 11.6. The normalized spacial score (nSPS) is 14.1. The average molecular weight is 375 g/mol. The van der Waals surface area contributed by atoms with Crippen LogP contribution in [-0.2, 0) is 17.8 Å². The molecule has 1 amide bonds. The molecular weight excluding hydrogens is 350 g/mol. The standard InChI is InChI=1S/C23H25N3O2/c1-14-8-9-17-22(16(14)3)25-20-10-11-26(12-18(20)23(17)28)13-21(27)24-19-7-5-4-6-15(19)2/h4-9H,10-13H2,1-3H3,(H,24,27)(H,25,28). The smallest absolute Gasteiger partial charge is 0.238 e. The molecule has 2 aromatic carbocycles. The van der Waals surface area contributed by atoms with E-state index in [1.807, 2.05) is 55.1 Å². The number of para-hydroxylation sites is 1. The number of amides is 1. The van der Waals surface area contributed by atoms with Crippen molar-refractivity contribution in [3.8, 4) is 0 Å². The van der Waals surface area contributed by atoms with Crippen molar-refractivity contribution in [3.05, 3.63) is 74.6 Å². The number of H-pyrrole nitrogens is 1. The lowest BCUT2D eigenvalue weighted by atomic mass is 9.99. The third kappa shape index (κ3) is 3.34. The first-order chi connectivity index (χ1) is 13.4. The minimum absolute atomic E-state index is 0.0542. The number of nitrogens with zero attached hydrogens (tertiary/aromatic N) is 1. The highest BCUT2D eigenvalue weighted by Gasteiger charge is 2.23. The van der Waals surface area contributed by atoms with Gasteiger partial charge in [0.1, 0.15) is 0 Å². The Hall–Kier alpha value is -2.92. The van der Waals surface area contributed by atoms with Crippen LogP contribution >= 0.6 is 0 Å². The Bertz CT molecular complexity index is 1130. The molecule has 0 radical (unpaired) electrons. The number of rotatable bonds is 3. The predicted molar refractivity (Wildman–Crippen MR) is 113 cm³/mol. The van der Waals surface area contributed by atoms with Gasteiger partial charge < -0.3 is 10.3 Å². The van der Waals surface area contributed by atoms with Gasteiger partial charge in [0.05, 0.1) is 12.1 Å². The zero-order chi connectivity index (χ0) is 19.8. The summed E-state index contributed by atoms with van der Waals surface area (Å²) in [6.07, 6.45) is 0.742. The van der Waals surface area contributed by atoms with Gasteiger partial charge in [0.2, 0.25) is 5.91 Å². The minimum atomic E-state index is -0.0542. The molecule has 0 aliphatic carbocycles. The number of carbonyl (C=O) groups excluding carboxylic acids is 1. The van der Waals surface area contributed by atoms with Crippen molar-refractivity contribution in [1.29, 1.82) is 0 Å². The molecule has 4 rings (SSSR count). The lowest BCUT2D eigenvalue weighted by molar-refractivity contribution is -0.117. The first-order valence-corrected chi connectivity index (χ1v) is 9.66. The highest BCUT2D eigenvalue weighted by atomic mass is 16.2. The Labute approximate surface area is 164 Å². The molecule has 0 atom stereocenters. The van der Waals surface area contributed by atoms with Crippen molar-refractivity contribution in [2.45, 2.75) is 33.7 Å². The summed E-state index contributed by atoms with van der Waals surface area (Å²) in [5.74, 6) is -0.0542. The number of nitrogens with one attached hydrogen (secondary N) is 2. The maximum atomic E-state index is 13.1. The van der Waals surface area contributed by atoms with Crippen molar-refractivity contribution in [1.82, 2.24) is 9.88 Å². The second-order valence-corrected chi connectivity index (χ2v) is 7.67. The number of aromatic amines is 1. The van der Waals surface area contributed by atoms with Gasteiger partial charge >= 0.3 is 0 Å². The predicted octanol–water partition coefficient (Wildman–Crippen LogP) is 3.45. The second-order valence-electron chi connectivity index (χ2n) is 7.67. The Morgan fingerprint density at radius 3 is 2.68 bits per heavy atom. The van der Waals surface area contributed by atoms with E-state index in [1.54, 1.807) is 0 Å². The quantitative estimate of drug-likeness (QED) is 0.737. The monoisotopic (exact) mass is 375 g/mol. The minimum Gasteiger partial charge on any atom is -0.358 e. The number of pyridine rings is 1. The van der Waals surface area contributed by atoms with Crippen LogP contribution < -0.4 is 10.7 Å². The molecule has 0 bridgehead atoms. The SMILES string of the molecule is Cc1ccccc1NC(=O)CN1CCc2[nH]c3c(C)c(C)ccc3c(=O)c2C1. The highest BCUT2D eigenvalue weighted by Crippen LogP contribution is 2.22. The van der Waals surface area contributed by atoms with Gasteiger partial charge in [0, 0.05) is 41.8 Å². The molecular formula is C23H25N3O2. The van der Waals surface area contributed by atoms with Crippen molar-refractivity contribution >= 4 is 22.5 Å². The van der Waals surface area contributed by atoms with E-state index in [0.717, 1.165) is 51.9 Å². The van der Waals surface area contributed by atoms with Crippen LogP contribution in [0.15, 0.2) is 41.2 Å². The third-order valence-corrected chi connectivity index (χ3v) is 5.74. The zero-order valence-corrected chi connectivity index (χ0v) is 16.6. The van der Waals surface area contributed by atoms with Crippen LogP contribution in [0, 0.1) is 20.8 Å². The van der Waals surface area contributed by atoms with Gasteiger partial charge in [0.15, 0.2) is 5.43 Å². The van der Waals surface area contributed by atoms with Crippen LogP contribution in [0.5, 0.6) is 0 Å². The number of hydrogen-bond donors (Lipinski definition) is 2. The number of aromatic nitrogens is 1. The maximum absolute atomic E-state index is 13.1. The Morgan fingerprint density at radius 2 is 1.89 bits per heavy atom. The fourth-order valence-corrected chi connectivity index (χ4v) is 3.89. The number of anilines is 1. The Balaban J connectivity index is 1.56. The second kappa shape index (κ2) is 7.24. The van der Waals surface area contributed by atoms with Crippen LogP contribution in [-0.4, -0.2) is 28.9 Å². The summed E-state index contributed by atoms with van der Waals surface area (Å²) in [4.78, 5) is 31.1. The summed E-state index contributed by atoms with van der Waals surface area (Å²) < 4.78 is 0. The molecule has 3 aromatic rings. The topological polar surface area (TPSA) is 65.2 Å². The first-order valence-electron chi connectivity index (χ1n) is 9.66. The lowest BCUT2D eigenvalue weighted by Gasteiger charge is -2.28. The summed E-state index contributed by atoms with van der Waals surface area (Å²) in [6.45, 7) is 7.60. The van der Waals surface area contributed by atoms with Gasteiger partial charge in [-0.05, 0) is 49.6 Å². The highest BCUT2D eigenvalue weighted by molar-refractivity contribution is 5.93. The maximum Gasteiger partial charge on any atom is 0.238 e. The molecule has 0 saturated carbocycles. The lowest BCUT2D eigenvalue weighted by Crippen LogP contribution is -2.39. The number of hydrogen-bond acceptors (Lipinski definition) is 3. The van der Waals surface area contributed by atoms with Crippen LogP contribution in [0.3, 0.4) is 0 Å². The molecule has 0 spiro atoms. The van der Waals surface area contributed by atoms with E-state index in [4.69, 9.17) is 0 Å². The van der Waals surface area contributed by atoms with E-state index in [0.29, 0.717) is 6.54 Å². The number of carbonyl (C=O) groups is 1. The summed E-state index contributed by atoms with van der Waals surface area (Å²) in [5.41, 5.74) is 6.97. The Morgan fingerprint density at radius 1 is 1.11 bits per heavy atom. The van der Waals surface area contributed by atoms with Gasteiger partial charge in [-0.2, -0.15) is 0 Å². The van der Waals surface area contributed by atoms with Crippen LogP contribution in [0.4, 0.5) is 5.69 Å². The zero-order valence-electron chi connectivity index (χ0n) is 16.6. The molecule has 144 valence electrons. The van der Waals surface area contributed by atoms with Gasteiger partial charge in [-0.15, -0.1) is 0 Å². The van der Waals surface area contributed by atoms with Gasteiger partial charge in [0.25, 0.3) is 0 Å². The average Bonchev–Trinajstić information content (AvgIpc) is 2.67. The van der Waals surface area contributed by atoms with E-state index >= 15 is 0 Å². The van der Waals surface area contributed by atoms with E-state index in [9.17, 15) is 9.59 Å². The largest absolute Gasteiger partial charge is 0.358 e. The summed E-state index contributed by atoms with van der Waals surface area (Å²) in [7, 11) is 0. The molecule has 28 heavy (non-hydrogen) atoms. The van der Waals surface area contributed by atoms with E-state index in [2.05, 4.69) is 17.2 Å². The fraction of sp³-hybridized carbons (Fsp3) is 0.304. The van der Waals surface area contributed by atoms with Crippen molar-refractivity contribution < 1.29 is 4.79 Å². The first kappa shape index (κ1) is 18.4. The molecule has 0 fully saturated rings. The fourth-order valence-electron chi connectivity index (χ4n) is 3.89. The molecule has 1 aliphatic rings. The van der Waals surface area contributed by atoms with Crippen molar-refractivity contribution in [2.75, 3.05) is 18.4 Å². The molecule has 0 unspecified atom stereocenters. The number of aryl methyl sites for hydroxylation is 3. The summed E-state index contributed by atoms with van der Waals surface area (Å²) >= 11 is 0. The molecule has 1 aromatic heterocycles. The molecule has 5 heteroatoms. The molecule has 1 aliphatic heterocycles. The third-order valence-electron chi connectivity index (χ3n) is 5.74. The molecule has 0 saturated heterocycles. The van der Waals surface area contributed by atoms with Gasteiger partial charge in [-0.1, -0.05) is 24.3 Å². The van der Waals surface area contributed by atoms with E-state index in [-0.39, 0.29) is 17.9 Å². The number of fused-ring (bicyclic) bond motifs is 2. The Kier molecular flexibility index (Phi) is 4.77. The van der Waals surface area contributed by atoms with Crippen LogP contribution in [0.1, 0.15) is 27.9 Å². The molecule has 5 nitrogen and oxygen atoms in total. The van der Waals surface area contributed by atoms with Gasteiger partial charge in [-0.3, -0.25) is 14.5 Å².